The number of aromatic amines is 1. The van der Waals surface area contributed by atoms with Crippen LogP contribution in [-0.4, -0.2) is 96.1 Å². The van der Waals surface area contributed by atoms with E-state index >= 15 is 0 Å². The quantitative estimate of drug-likeness (QED) is 0.0389. The summed E-state index contributed by atoms with van der Waals surface area (Å²) in [5.74, 6) is -3.56. The van der Waals surface area contributed by atoms with E-state index in [0.717, 1.165) is 37.9 Å². The van der Waals surface area contributed by atoms with Gasteiger partial charge in [-0.05, 0) is 52.0 Å². The summed E-state index contributed by atoms with van der Waals surface area (Å²) in [6, 6.07) is -0.461. The maximum atomic E-state index is 12.8. The molecular formula is C40H69N7O8S. The Morgan fingerprint density at radius 1 is 0.804 bits per heavy atom. The molecule has 0 unspecified atom stereocenters. The Morgan fingerprint density at radius 3 is 2.05 bits per heavy atom. The fourth-order valence-electron chi connectivity index (χ4n) is 6.96. The van der Waals surface area contributed by atoms with E-state index < -0.39 is 45.7 Å². The first-order chi connectivity index (χ1) is 27.0. The minimum absolute atomic E-state index is 0.0216. The average molecular weight is 808 g/mol. The first-order valence-electron chi connectivity index (χ1n) is 20.9. The first kappa shape index (κ1) is 48.6. The summed E-state index contributed by atoms with van der Waals surface area (Å²) in [6.07, 6.45) is 21.5. The maximum absolute atomic E-state index is 12.8. The number of ketones is 3. The molecule has 16 heteroatoms. The number of nitrogens with zero attached hydrogens (tertiary/aromatic N) is 2. The summed E-state index contributed by atoms with van der Waals surface area (Å²) in [5, 5.41) is 19.1. The van der Waals surface area contributed by atoms with Crippen molar-refractivity contribution in [2.24, 2.45) is 11.0 Å². The van der Waals surface area contributed by atoms with Crippen molar-refractivity contribution in [2.45, 2.75) is 160 Å². The smallest absolute Gasteiger partial charge is 0.310 e. The van der Waals surface area contributed by atoms with E-state index in [-0.39, 0.29) is 55.3 Å². The summed E-state index contributed by atoms with van der Waals surface area (Å²) in [5.41, 5.74) is 7.80. The highest BCUT2D eigenvalue weighted by atomic mass is 32.2. The van der Waals surface area contributed by atoms with Crippen molar-refractivity contribution < 1.29 is 37.5 Å². The molecule has 1 aliphatic heterocycles. The molecule has 0 bridgehead atoms. The Balaban J connectivity index is 1.47. The van der Waals surface area contributed by atoms with Crippen molar-refractivity contribution in [3.63, 3.8) is 0 Å². The lowest BCUT2D eigenvalue weighted by molar-refractivity contribution is -0.141. The van der Waals surface area contributed by atoms with Crippen LogP contribution in [0.2, 0.25) is 0 Å². The van der Waals surface area contributed by atoms with Crippen molar-refractivity contribution in [3.05, 3.63) is 18.2 Å². The number of rotatable bonds is 37. The number of hydrazone groups is 1. The second kappa shape index (κ2) is 29.7. The number of Topliss-reactive ketones (excluding diaryl/α,β-unsaturated/α-hetero) is 3. The summed E-state index contributed by atoms with van der Waals surface area (Å²) in [7, 11) is -1.90. The zero-order valence-electron chi connectivity index (χ0n) is 33.7. The lowest BCUT2D eigenvalue weighted by Crippen LogP contribution is -2.36. The molecule has 6 N–H and O–H groups in total. The molecule has 1 amide bonds. The van der Waals surface area contributed by atoms with Gasteiger partial charge in [0.2, 0.25) is 5.91 Å². The van der Waals surface area contributed by atoms with Crippen molar-refractivity contribution >= 4 is 44.8 Å². The molecule has 56 heavy (non-hydrogen) atoms. The van der Waals surface area contributed by atoms with Crippen LogP contribution in [0.3, 0.4) is 0 Å². The van der Waals surface area contributed by atoms with Crippen LogP contribution in [-0.2, 0) is 40.2 Å². The molecule has 2 atom stereocenters. The molecule has 0 aliphatic carbocycles. The number of hydrazine groups is 1. The van der Waals surface area contributed by atoms with Gasteiger partial charge in [0.1, 0.15) is 29.5 Å². The summed E-state index contributed by atoms with van der Waals surface area (Å²) < 4.78 is 24.9. The number of nitrogens with one attached hydrogen (secondary N) is 5. The van der Waals surface area contributed by atoms with Crippen molar-refractivity contribution in [1.82, 2.24) is 31.6 Å². The highest BCUT2D eigenvalue weighted by Gasteiger charge is 2.24. The molecule has 1 aromatic rings. The van der Waals surface area contributed by atoms with Crippen LogP contribution in [0.4, 0.5) is 0 Å². The van der Waals surface area contributed by atoms with Gasteiger partial charge in [-0.3, -0.25) is 24.0 Å². The number of carboxylic acid groups (broad SMARTS) is 1. The number of likely N-dealkylation sites (N-methyl/N-ethyl adjacent to an activating group) is 1. The molecule has 0 aromatic carbocycles. The molecular weight excluding hydrogens is 739 g/mol. The van der Waals surface area contributed by atoms with Crippen LogP contribution >= 0.6 is 0 Å². The number of hydrogen-bond donors (Lipinski definition) is 6. The van der Waals surface area contributed by atoms with E-state index in [1.165, 1.54) is 69.8 Å². The van der Waals surface area contributed by atoms with Gasteiger partial charge in [0.05, 0.1) is 30.4 Å². The Bertz CT molecular complexity index is 1440. The number of carbonyl (C=O) groups is 5. The van der Waals surface area contributed by atoms with Gasteiger partial charge in [-0.25, -0.2) is 24.4 Å². The lowest BCUT2D eigenvalue weighted by atomic mass is 9.88. The highest BCUT2D eigenvalue weighted by Crippen LogP contribution is 2.20. The van der Waals surface area contributed by atoms with Crippen LogP contribution in [0.5, 0.6) is 0 Å². The number of sulfone groups is 1. The second-order valence-corrected chi connectivity index (χ2v) is 17.4. The monoisotopic (exact) mass is 807 g/mol. The normalized spacial score (nSPS) is 13.8. The minimum Gasteiger partial charge on any atom is -0.481 e. The number of aromatic nitrogens is 2. The molecule has 318 valence electrons. The molecule has 1 aliphatic rings. The number of amides is 1. The van der Waals surface area contributed by atoms with Gasteiger partial charge < -0.3 is 20.7 Å². The first-order valence-corrected chi connectivity index (χ1v) is 22.7. The van der Waals surface area contributed by atoms with Gasteiger partial charge in [-0.15, -0.1) is 0 Å². The summed E-state index contributed by atoms with van der Waals surface area (Å²) in [6.45, 7) is 1.18. The van der Waals surface area contributed by atoms with Gasteiger partial charge in [0.25, 0.3) is 0 Å². The molecule has 0 radical (unpaired) electrons. The fourth-order valence-corrected chi connectivity index (χ4v) is 8.32. The third kappa shape index (κ3) is 24.2. The van der Waals surface area contributed by atoms with E-state index in [0.29, 0.717) is 38.6 Å². The Hall–Kier alpha value is -3.50. The summed E-state index contributed by atoms with van der Waals surface area (Å²) in [4.78, 5) is 68.2. The zero-order valence-corrected chi connectivity index (χ0v) is 34.5. The highest BCUT2D eigenvalue weighted by molar-refractivity contribution is 7.92. The van der Waals surface area contributed by atoms with Crippen LogP contribution in [0.1, 0.15) is 153 Å². The molecule has 2 heterocycles. The van der Waals surface area contributed by atoms with Crippen LogP contribution in [0.25, 0.3) is 0 Å². The predicted molar refractivity (Wildman–Crippen MR) is 218 cm³/mol. The molecule has 1 aromatic heterocycles. The van der Waals surface area contributed by atoms with Gasteiger partial charge in [-0.2, -0.15) is 5.10 Å². The zero-order chi connectivity index (χ0) is 40.9. The van der Waals surface area contributed by atoms with Gasteiger partial charge in [0, 0.05) is 50.0 Å². The maximum Gasteiger partial charge on any atom is 0.310 e. The Labute approximate surface area is 334 Å². The molecule has 0 saturated heterocycles. The summed E-state index contributed by atoms with van der Waals surface area (Å²) >= 11 is 0. The molecule has 2 rings (SSSR count). The standard InChI is InChI=1S/C40H69N7O8S/c1-41-36(26-34-28-42-31-44-34)37(49)23-22-32(38(50)27-40(52)53)18-15-16-24-43-39(51)21-17-25-56(54,55)30-35(48)20-14-12-10-8-6-4-2-3-5-7-9-11-13-19-33-29-45-47-46-33/h28,31-32,36,41,45,47H,2-27,29-30H2,1H3,(H,42,44)(H,43,51)(H,52,53)/t32-,36-/m1/s1. The third-order valence-corrected chi connectivity index (χ3v) is 12.0. The van der Waals surface area contributed by atoms with Crippen molar-refractivity contribution in [3.8, 4) is 0 Å². The molecule has 0 spiro atoms. The number of imidazole rings is 1. The van der Waals surface area contributed by atoms with Crippen LogP contribution in [0.15, 0.2) is 17.6 Å². The second-order valence-electron chi connectivity index (χ2n) is 15.2. The van der Waals surface area contributed by atoms with E-state index in [1.807, 2.05) is 0 Å². The average Bonchev–Trinajstić information content (AvgIpc) is 3.87. The van der Waals surface area contributed by atoms with Gasteiger partial charge in [0.15, 0.2) is 9.84 Å². The van der Waals surface area contributed by atoms with E-state index in [9.17, 15) is 32.4 Å². The fraction of sp³-hybridized carbons (Fsp3) is 0.775. The topological polar surface area (TPSA) is 229 Å². The van der Waals surface area contributed by atoms with Crippen LogP contribution < -0.4 is 21.6 Å². The minimum atomic E-state index is -3.58. The number of carboxylic acids is 1. The Morgan fingerprint density at radius 2 is 1.46 bits per heavy atom. The van der Waals surface area contributed by atoms with Crippen molar-refractivity contribution in [2.75, 3.05) is 31.6 Å². The van der Waals surface area contributed by atoms with Crippen molar-refractivity contribution in [1.29, 1.82) is 0 Å². The van der Waals surface area contributed by atoms with Gasteiger partial charge in [-0.1, -0.05) is 77.0 Å². The Kier molecular flexibility index (Phi) is 25.8. The molecule has 0 saturated carbocycles. The SMILES string of the molecule is CN[C@H](Cc1cnc[nH]1)C(=O)CC[C@@H](CCCCNC(=O)CCCS(=O)(=O)CC(=O)CCCCCCCCCCCCCCCC1=NNNC1)C(=O)CC(=O)O. The molecule has 0 fully saturated rings. The number of aliphatic carboxylic acids is 1. The van der Waals surface area contributed by atoms with E-state index in [2.05, 4.69) is 36.7 Å². The third-order valence-electron chi connectivity index (χ3n) is 10.3. The number of H-pyrrole nitrogens is 1. The predicted octanol–water partition coefficient (Wildman–Crippen LogP) is 4.92. The largest absolute Gasteiger partial charge is 0.481 e. The number of hydrogen-bond acceptors (Lipinski definition) is 12. The van der Waals surface area contributed by atoms with E-state index in [4.69, 9.17) is 5.11 Å². The number of unbranched alkanes of at least 4 members (excludes halogenated alkanes) is 13. The van der Waals surface area contributed by atoms with E-state index in [1.54, 1.807) is 13.2 Å². The number of carbonyl (C=O) groups excluding carboxylic acids is 4. The van der Waals surface area contributed by atoms with Crippen LogP contribution in [0, 0.1) is 5.92 Å². The molecule has 15 nitrogen and oxygen atoms in total. The van der Waals surface area contributed by atoms with Gasteiger partial charge >= 0.3 is 5.97 Å². The lowest BCUT2D eigenvalue weighted by Gasteiger charge is -2.18.